The van der Waals surface area contributed by atoms with Crippen molar-refractivity contribution in [2.24, 2.45) is 11.8 Å². The van der Waals surface area contributed by atoms with E-state index in [1.807, 2.05) is 26.1 Å². The highest BCUT2D eigenvalue weighted by molar-refractivity contribution is 5.92. The summed E-state index contributed by atoms with van der Waals surface area (Å²) in [5.74, 6) is 1.59. The Morgan fingerprint density at radius 3 is 2.43 bits per heavy atom. The molecule has 4 bridgehead atoms. The summed E-state index contributed by atoms with van der Waals surface area (Å²) in [5.41, 5.74) is 0.494. The minimum atomic E-state index is -0.525. The van der Waals surface area contributed by atoms with Gasteiger partial charge in [0.2, 0.25) is 5.88 Å². The predicted octanol–water partition coefficient (Wildman–Crippen LogP) is 2.82. The standard InChI is InChI=1S/C26H33N5O4/c1-17-5-3-6-20(27-17)23(33)29-25-12-18-11-19(13-25)15-26(14-18,16-25)30-24(34)35-22-8-4-7-21(28-22)31(2)9-10-32/h3-8,18-19,32H,9-16H2,1-2H3,(H,29,33)(H,30,34). The molecule has 2 unspecified atom stereocenters. The lowest BCUT2D eigenvalue weighted by atomic mass is 9.50. The molecule has 0 aliphatic heterocycles. The van der Waals surface area contributed by atoms with Gasteiger partial charge in [0.15, 0.2) is 0 Å². The summed E-state index contributed by atoms with van der Waals surface area (Å²) in [4.78, 5) is 36.6. The van der Waals surface area contributed by atoms with Crippen molar-refractivity contribution in [2.75, 3.05) is 25.1 Å². The molecule has 9 heteroatoms. The van der Waals surface area contributed by atoms with E-state index in [1.165, 1.54) is 0 Å². The minimum Gasteiger partial charge on any atom is -0.395 e. The number of pyridine rings is 2. The van der Waals surface area contributed by atoms with Crippen LogP contribution in [0.4, 0.5) is 10.6 Å². The fourth-order valence-corrected chi connectivity index (χ4v) is 6.80. The van der Waals surface area contributed by atoms with E-state index in [9.17, 15) is 9.59 Å². The van der Waals surface area contributed by atoms with Gasteiger partial charge in [0.05, 0.1) is 6.61 Å². The summed E-state index contributed by atoms with van der Waals surface area (Å²) in [7, 11) is 1.82. The Balaban J connectivity index is 1.29. The number of hydrogen-bond acceptors (Lipinski definition) is 7. The van der Waals surface area contributed by atoms with E-state index in [4.69, 9.17) is 9.84 Å². The van der Waals surface area contributed by atoms with Crippen molar-refractivity contribution in [1.29, 1.82) is 0 Å². The number of anilines is 1. The lowest BCUT2D eigenvalue weighted by Gasteiger charge is -2.61. The zero-order chi connectivity index (χ0) is 24.6. The molecule has 6 rings (SSSR count). The highest BCUT2D eigenvalue weighted by Crippen LogP contribution is 2.57. The van der Waals surface area contributed by atoms with Gasteiger partial charge in [-0.25, -0.2) is 9.78 Å². The molecule has 4 fully saturated rings. The molecule has 4 aliphatic carbocycles. The van der Waals surface area contributed by atoms with E-state index < -0.39 is 11.6 Å². The molecule has 2 atom stereocenters. The van der Waals surface area contributed by atoms with Gasteiger partial charge < -0.3 is 25.4 Å². The molecule has 186 valence electrons. The van der Waals surface area contributed by atoms with E-state index in [0.717, 1.165) is 37.8 Å². The number of carbonyl (C=O) groups is 2. The van der Waals surface area contributed by atoms with Crippen molar-refractivity contribution in [3.05, 3.63) is 47.8 Å². The molecule has 3 N–H and O–H groups in total. The van der Waals surface area contributed by atoms with E-state index >= 15 is 0 Å². The van der Waals surface area contributed by atoms with Crippen molar-refractivity contribution in [3.8, 4) is 5.88 Å². The fraction of sp³-hybridized carbons (Fsp3) is 0.538. The smallest absolute Gasteiger partial charge is 0.395 e. The molecule has 2 amide bonds. The lowest BCUT2D eigenvalue weighted by molar-refractivity contribution is -0.0450. The number of aliphatic hydroxyl groups excluding tert-OH is 1. The minimum absolute atomic E-state index is 0.00678. The Labute approximate surface area is 205 Å². The van der Waals surface area contributed by atoms with Crippen LogP contribution in [0.5, 0.6) is 5.88 Å². The molecular formula is C26H33N5O4. The summed E-state index contributed by atoms with van der Waals surface area (Å²) in [5, 5.41) is 15.6. The first-order valence-electron chi connectivity index (χ1n) is 12.3. The second kappa shape index (κ2) is 9.11. The first-order chi connectivity index (χ1) is 16.8. The summed E-state index contributed by atoms with van der Waals surface area (Å²) in [6, 6.07) is 10.7. The Morgan fingerprint density at radius 2 is 1.74 bits per heavy atom. The van der Waals surface area contributed by atoms with Crippen LogP contribution in [0.3, 0.4) is 0 Å². The van der Waals surface area contributed by atoms with Gasteiger partial charge in [-0.15, -0.1) is 0 Å². The maximum absolute atomic E-state index is 13.1. The fourth-order valence-electron chi connectivity index (χ4n) is 6.80. The first-order valence-corrected chi connectivity index (χ1v) is 12.3. The molecule has 0 aromatic carbocycles. The molecule has 9 nitrogen and oxygen atoms in total. The van der Waals surface area contributed by atoms with Gasteiger partial charge in [-0.1, -0.05) is 12.1 Å². The average Bonchev–Trinajstić information content (AvgIpc) is 2.77. The van der Waals surface area contributed by atoms with Crippen LogP contribution >= 0.6 is 0 Å². The van der Waals surface area contributed by atoms with Gasteiger partial charge >= 0.3 is 6.09 Å². The third kappa shape index (κ3) is 4.96. The molecule has 2 heterocycles. The van der Waals surface area contributed by atoms with Gasteiger partial charge in [0, 0.05) is 36.4 Å². The largest absolute Gasteiger partial charge is 0.414 e. The summed E-state index contributed by atoms with van der Waals surface area (Å²) < 4.78 is 5.57. The Kier molecular flexibility index (Phi) is 6.13. The van der Waals surface area contributed by atoms with Gasteiger partial charge in [-0.05, 0) is 75.5 Å². The topological polar surface area (TPSA) is 117 Å². The zero-order valence-corrected chi connectivity index (χ0v) is 20.3. The normalized spacial score (nSPS) is 28.4. The molecular weight excluding hydrogens is 446 g/mol. The third-order valence-corrected chi connectivity index (χ3v) is 7.66. The molecule has 4 aliphatic rings. The number of ether oxygens (including phenoxy) is 1. The summed E-state index contributed by atoms with van der Waals surface area (Å²) in [6.45, 7) is 2.31. The molecule has 4 saturated carbocycles. The quantitative estimate of drug-likeness (QED) is 0.559. The van der Waals surface area contributed by atoms with Gasteiger partial charge in [-0.2, -0.15) is 4.98 Å². The van der Waals surface area contributed by atoms with Crippen LogP contribution in [0.2, 0.25) is 0 Å². The van der Waals surface area contributed by atoms with Crippen LogP contribution in [0.15, 0.2) is 36.4 Å². The number of nitrogens with zero attached hydrogens (tertiary/aromatic N) is 3. The number of aliphatic hydroxyl groups is 1. The second-order valence-electron chi connectivity index (χ2n) is 10.6. The molecule has 0 radical (unpaired) electrons. The van der Waals surface area contributed by atoms with Gasteiger partial charge in [0.25, 0.3) is 5.91 Å². The van der Waals surface area contributed by atoms with Crippen molar-refractivity contribution < 1.29 is 19.4 Å². The highest BCUT2D eigenvalue weighted by Gasteiger charge is 2.59. The van der Waals surface area contributed by atoms with Crippen molar-refractivity contribution >= 4 is 17.8 Å². The van der Waals surface area contributed by atoms with Crippen molar-refractivity contribution in [3.63, 3.8) is 0 Å². The summed E-state index contributed by atoms with van der Waals surface area (Å²) in [6.07, 6.45) is 4.95. The molecule has 2 aromatic heterocycles. The van der Waals surface area contributed by atoms with Gasteiger partial charge in [0.1, 0.15) is 11.5 Å². The van der Waals surface area contributed by atoms with Crippen LogP contribution in [-0.2, 0) is 0 Å². The molecule has 0 saturated heterocycles. The van der Waals surface area contributed by atoms with E-state index in [1.54, 1.807) is 29.2 Å². The number of rotatable bonds is 7. The van der Waals surface area contributed by atoms with E-state index in [0.29, 0.717) is 36.3 Å². The number of aryl methyl sites for hydroxylation is 1. The Bertz CT molecular complexity index is 1110. The Morgan fingerprint density at radius 1 is 1.06 bits per heavy atom. The van der Waals surface area contributed by atoms with Crippen molar-refractivity contribution in [1.82, 2.24) is 20.6 Å². The molecule has 2 aromatic rings. The first kappa shape index (κ1) is 23.5. The number of nitrogens with one attached hydrogen (secondary N) is 2. The van der Waals surface area contributed by atoms with Crippen LogP contribution in [-0.4, -0.2) is 58.4 Å². The maximum Gasteiger partial charge on any atom is 0.414 e. The molecule has 35 heavy (non-hydrogen) atoms. The molecule has 0 spiro atoms. The lowest BCUT2D eigenvalue weighted by Crippen LogP contribution is -2.70. The zero-order valence-electron chi connectivity index (χ0n) is 20.3. The van der Waals surface area contributed by atoms with E-state index in [-0.39, 0.29) is 23.9 Å². The number of aromatic nitrogens is 2. The van der Waals surface area contributed by atoms with Crippen LogP contribution in [0.25, 0.3) is 0 Å². The number of likely N-dealkylation sites (N-methyl/N-ethyl adjacent to an activating group) is 1. The number of carbonyl (C=O) groups excluding carboxylic acids is 2. The maximum atomic E-state index is 13.1. The van der Waals surface area contributed by atoms with Crippen molar-refractivity contribution in [2.45, 2.75) is 56.5 Å². The Hall–Kier alpha value is -3.20. The van der Waals surface area contributed by atoms with Crippen LogP contribution < -0.4 is 20.3 Å². The van der Waals surface area contributed by atoms with Crippen LogP contribution in [0, 0.1) is 18.8 Å². The van der Waals surface area contributed by atoms with E-state index in [2.05, 4.69) is 20.6 Å². The van der Waals surface area contributed by atoms with Gasteiger partial charge in [-0.3, -0.25) is 4.79 Å². The number of hydrogen-bond donors (Lipinski definition) is 3. The monoisotopic (exact) mass is 479 g/mol. The third-order valence-electron chi connectivity index (χ3n) is 7.66. The highest BCUT2D eigenvalue weighted by atomic mass is 16.6. The SMILES string of the molecule is Cc1cccc(C(=O)NC23CC4CC(CC(NC(=O)Oc5cccc(N(C)CCO)n5)(C4)C2)C3)n1. The van der Waals surface area contributed by atoms with Crippen LogP contribution in [0.1, 0.15) is 54.7 Å². The average molecular weight is 480 g/mol. The predicted molar refractivity (Wildman–Crippen MR) is 130 cm³/mol. The second-order valence-corrected chi connectivity index (χ2v) is 10.6. The number of amides is 2. The summed E-state index contributed by atoms with van der Waals surface area (Å²) >= 11 is 0.